The summed E-state index contributed by atoms with van der Waals surface area (Å²) in [6.45, 7) is 3.94. The van der Waals surface area contributed by atoms with E-state index in [1.807, 2.05) is 13.8 Å². The Morgan fingerprint density at radius 2 is 2.14 bits per heavy atom. The van der Waals surface area contributed by atoms with Gasteiger partial charge in [0, 0.05) is 6.08 Å². The number of nitrogens with two attached hydrogens (primary N) is 1. The van der Waals surface area contributed by atoms with Crippen LogP contribution in [0.5, 0.6) is 0 Å². The highest BCUT2D eigenvalue weighted by molar-refractivity contribution is 5.97. The summed E-state index contributed by atoms with van der Waals surface area (Å²) in [5.41, 5.74) is 8.53. The van der Waals surface area contributed by atoms with Crippen LogP contribution in [0.25, 0.3) is 17.2 Å². The van der Waals surface area contributed by atoms with Crippen LogP contribution in [0.3, 0.4) is 0 Å². The number of hydroxylamine groups is 1. The minimum atomic E-state index is -0.697. The average Bonchev–Trinajstić information content (AvgIpc) is 3.27. The van der Waals surface area contributed by atoms with Crippen molar-refractivity contribution in [2.24, 2.45) is 11.7 Å². The number of hydrogen-bond acceptors (Lipinski definition) is 7. The van der Waals surface area contributed by atoms with Crippen molar-refractivity contribution in [2.75, 3.05) is 5.32 Å². The normalized spacial score (nSPS) is 12.6. The van der Waals surface area contributed by atoms with Gasteiger partial charge in [-0.3, -0.25) is 10.0 Å². The lowest BCUT2D eigenvalue weighted by Gasteiger charge is -2.16. The Morgan fingerprint density at radius 3 is 2.82 bits per heavy atom. The Hall–Kier alpha value is -3.73. The van der Waals surface area contributed by atoms with Gasteiger partial charge < -0.3 is 15.5 Å². The summed E-state index contributed by atoms with van der Waals surface area (Å²) in [5, 5.41) is 19.1. The van der Waals surface area contributed by atoms with Crippen LogP contribution in [0.2, 0.25) is 0 Å². The molecule has 0 radical (unpaired) electrons. The van der Waals surface area contributed by atoms with E-state index in [0.717, 1.165) is 6.08 Å². The van der Waals surface area contributed by atoms with Gasteiger partial charge in [0.05, 0.1) is 11.9 Å². The summed E-state index contributed by atoms with van der Waals surface area (Å²) in [6.07, 6.45) is 4.16. The molecule has 11 nitrogen and oxygen atoms in total. The van der Waals surface area contributed by atoms with E-state index in [0.29, 0.717) is 28.4 Å². The number of fused-ring (bicyclic) bond motifs is 1. The number of aromatic nitrogens is 4. The zero-order valence-corrected chi connectivity index (χ0v) is 15.2. The highest BCUT2D eigenvalue weighted by atomic mass is 16.5. The second kappa shape index (κ2) is 7.88. The van der Waals surface area contributed by atoms with Gasteiger partial charge >= 0.3 is 6.03 Å². The standard InChI is InChI=1S/C17H19N7O4/c1-9(2)15(24-8-10(21-23-24)6-7-13(25)22-27)16-20-14-11(19-17(18)26)4-3-5-12(14)28-16/h3-9,15,27H,1-2H3,(H,22,25)(H3,18,19,26)/b7-6+. The Labute approximate surface area is 159 Å². The lowest BCUT2D eigenvalue weighted by molar-refractivity contribution is -0.124. The van der Waals surface area contributed by atoms with E-state index in [1.165, 1.54) is 11.6 Å². The van der Waals surface area contributed by atoms with E-state index >= 15 is 0 Å². The average molecular weight is 385 g/mol. The molecular weight excluding hydrogens is 366 g/mol. The maximum absolute atomic E-state index is 11.2. The molecule has 28 heavy (non-hydrogen) atoms. The minimum Gasteiger partial charge on any atom is -0.438 e. The quantitative estimate of drug-likeness (QED) is 0.285. The number of amides is 3. The van der Waals surface area contributed by atoms with Gasteiger partial charge in [-0.05, 0) is 24.1 Å². The van der Waals surface area contributed by atoms with Crippen LogP contribution in [0, 0.1) is 5.92 Å². The minimum absolute atomic E-state index is 0.0416. The van der Waals surface area contributed by atoms with Crippen molar-refractivity contribution in [3.63, 3.8) is 0 Å². The van der Waals surface area contributed by atoms with Gasteiger partial charge in [-0.25, -0.2) is 19.9 Å². The largest absolute Gasteiger partial charge is 0.438 e. The molecule has 3 amide bonds. The molecule has 2 aromatic heterocycles. The van der Waals surface area contributed by atoms with Crippen molar-refractivity contribution >= 4 is 34.8 Å². The lowest BCUT2D eigenvalue weighted by atomic mass is 10.0. The van der Waals surface area contributed by atoms with Crippen molar-refractivity contribution in [1.29, 1.82) is 0 Å². The fourth-order valence-corrected chi connectivity index (χ4v) is 2.73. The third kappa shape index (κ3) is 3.99. The molecule has 0 saturated carbocycles. The number of carbonyl (C=O) groups is 2. The number of para-hydroxylation sites is 1. The predicted molar refractivity (Wildman–Crippen MR) is 99.2 cm³/mol. The molecule has 0 saturated heterocycles. The summed E-state index contributed by atoms with van der Waals surface area (Å²) in [4.78, 5) is 26.8. The Bertz CT molecular complexity index is 1040. The number of benzene rings is 1. The first kappa shape index (κ1) is 19.0. The number of hydrogen-bond donors (Lipinski definition) is 4. The molecule has 0 aliphatic heterocycles. The molecule has 1 aromatic carbocycles. The maximum atomic E-state index is 11.2. The zero-order chi connectivity index (χ0) is 20.3. The topological polar surface area (TPSA) is 161 Å². The highest BCUT2D eigenvalue weighted by Crippen LogP contribution is 2.31. The third-order valence-corrected chi connectivity index (χ3v) is 3.91. The SMILES string of the molecule is CC(C)C(c1nc2c(NC(N)=O)cccc2o1)n1cc(/C=C/C(=O)NO)nn1. The number of urea groups is 1. The van der Waals surface area contributed by atoms with Gasteiger partial charge in [-0.2, -0.15) is 0 Å². The Kier molecular flexibility index (Phi) is 5.36. The van der Waals surface area contributed by atoms with Crippen LogP contribution in [0.15, 0.2) is 34.9 Å². The van der Waals surface area contributed by atoms with Gasteiger partial charge in [0.2, 0.25) is 5.89 Å². The summed E-state index contributed by atoms with van der Waals surface area (Å²) in [7, 11) is 0. The molecule has 0 fully saturated rings. The molecule has 5 N–H and O–H groups in total. The first-order valence-corrected chi connectivity index (χ1v) is 8.39. The number of anilines is 1. The molecule has 3 rings (SSSR count). The number of carbonyl (C=O) groups excluding carboxylic acids is 2. The molecular formula is C17H19N7O4. The summed E-state index contributed by atoms with van der Waals surface area (Å²) in [5.74, 6) is -0.250. The predicted octanol–water partition coefficient (Wildman–Crippen LogP) is 1.67. The second-order valence-corrected chi connectivity index (χ2v) is 6.32. The number of nitrogens with one attached hydrogen (secondary N) is 2. The first-order chi connectivity index (χ1) is 13.4. The molecule has 0 bridgehead atoms. The van der Waals surface area contributed by atoms with Gasteiger partial charge in [0.25, 0.3) is 5.91 Å². The van der Waals surface area contributed by atoms with Crippen molar-refractivity contribution in [1.82, 2.24) is 25.5 Å². The fraction of sp³-hybridized carbons (Fsp3) is 0.235. The summed E-state index contributed by atoms with van der Waals surface area (Å²) in [6, 6.07) is 4.05. The van der Waals surface area contributed by atoms with Crippen LogP contribution in [0.4, 0.5) is 10.5 Å². The van der Waals surface area contributed by atoms with E-state index in [2.05, 4.69) is 20.6 Å². The van der Waals surface area contributed by atoms with E-state index in [9.17, 15) is 9.59 Å². The van der Waals surface area contributed by atoms with Gasteiger partial charge in [0.1, 0.15) is 17.3 Å². The van der Waals surface area contributed by atoms with Crippen molar-refractivity contribution in [3.8, 4) is 0 Å². The summed E-state index contributed by atoms with van der Waals surface area (Å²) < 4.78 is 7.46. The molecule has 0 aliphatic rings. The number of nitrogens with zero attached hydrogens (tertiary/aromatic N) is 4. The van der Waals surface area contributed by atoms with E-state index in [-0.39, 0.29) is 12.0 Å². The van der Waals surface area contributed by atoms with Gasteiger partial charge in [-0.15, -0.1) is 5.10 Å². The van der Waals surface area contributed by atoms with E-state index < -0.39 is 11.9 Å². The molecule has 3 aromatic rings. The summed E-state index contributed by atoms with van der Waals surface area (Å²) >= 11 is 0. The number of primary amides is 1. The molecule has 0 spiro atoms. The van der Waals surface area contributed by atoms with Crippen LogP contribution in [0.1, 0.15) is 31.5 Å². The lowest BCUT2D eigenvalue weighted by Crippen LogP contribution is -2.19. The second-order valence-electron chi connectivity index (χ2n) is 6.32. The molecule has 146 valence electrons. The number of rotatable bonds is 6. The third-order valence-electron chi connectivity index (χ3n) is 3.91. The van der Waals surface area contributed by atoms with E-state index in [4.69, 9.17) is 15.4 Å². The van der Waals surface area contributed by atoms with Crippen LogP contribution >= 0.6 is 0 Å². The molecule has 0 aliphatic carbocycles. The van der Waals surface area contributed by atoms with Gasteiger partial charge in [0.15, 0.2) is 5.58 Å². The van der Waals surface area contributed by atoms with Crippen molar-refractivity contribution in [2.45, 2.75) is 19.9 Å². The molecule has 2 heterocycles. The Morgan fingerprint density at radius 1 is 1.36 bits per heavy atom. The first-order valence-electron chi connectivity index (χ1n) is 8.39. The van der Waals surface area contributed by atoms with Crippen molar-refractivity contribution < 1.29 is 19.2 Å². The van der Waals surface area contributed by atoms with Crippen LogP contribution < -0.4 is 16.5 Å². The molecule has 11 heteroatoms. The smallest absolute Gasteiger partial charge is 0.316 e. The molecule has 1 atom stereocenters. The van der Waals surface area contributed by atoms with Crippen molar-refractivity contribution in [3.05, 3.63) is 42.1 Å². The van der Waals surface area contributed by atoms with Crippen LogP contribution in [-0.2, 0) is 4.79 Å². The van der Waals surface area contributed by atoms with Crippen LogP contribution in [-0.4, -0.2) is 37.1 Å². The Balaban J connectivity index is 1.97. The van der Waals surface area contributed by atoms with E-state index in [1.54, 1.807) is 29.1 Å². The monoisotopic (exact) mass is 385 g/mol. The maximum Gasteiger partial charge on any atom is 0.316 e. The highest BCUT2D eigenvalue weighted by Gasteiger charge is 2.26. The van der Waals surface area contributed by atoms with Gasteiger partial charge in [-0.1, -0.05) is 25.1 Å². The number of oxazole rings is 1. The zero-order valence-electron chi connectivity index (χ0n) is 15.2. The fourth-order valence-electron chi connectivity index (χ4n) is 2.73. The molecule has 1 unspecified atom stereocenters.